The maximum Gasteiger partial charge on any atom is 0.434 e. The lowest BCUT2D eigenvalue weighted by atomic mass is 10.2. The Balaban J connectivity index is 1.86. The largest absolute Gasteiger partial charge is 0.478 e. The van der Waals surface area contributed by atoms with Crippen LogP contribution in [0.15, 0.2) is 18.3 Å². The number of aromatic carboxylic acids is 1. The number of aromatic nitrogens is 3. The minimum absolute atomic E-state index is 0.103. The predicted octanol–water partition coefficient (Wildman–Crippen LogP) is 2.32. The van der Waals surface area contributed by atoms with Crippen molar-refractivity contribution in [1.82, 2.24) is 14.5 Å². The Morgan fingerprint density at radius 3 is 2.61 bits per heavy atom. The summed E-state index contributed by atoms with van der Waals surface area (Å²) in [5.41, 5.74) is -0.439. The zero-order chi connectivity index (χ0) is 16.8. The molecular formula is C14H13F3N4O2. The highest BCUT2D eigenvalue weighted by molar-refractivity contribution is 5.89. The number of alkyl halides is 3. The van der Waals surface area contributed by atoms with Crippen LogP contribution in [0.2, 0.25) is 0 Å². The molecule has 0 amide bonds. The topological polar surface area (TPSA) is 71.2 Å². The van der Waals surface area contributed by atoms with E-state index >= 15 is 0 Å². The molecule has 6 nitrogen and oxygen atoms in total. The van der Waals surface area contributed by atoms with Crippen LogP contribution in [0.5, 0.6) is 0 Å². The first kappa shape index (κ1) is 15.3. The Hall–Kier alpha value is -2.58. The summed E-state index contributed by atoms with van der Waals surface area (Å²) >= 11 is 0. The van der Waals surface area contributed by atoms with Crippen LogP contribution in [-0.4, -0.2) is 32.2 Å². The molecule has 0 aromatic carbocycles. The van der Waals surface area contributed by atoms with Gasteiger partial charge in [-0.3, -0.25) is 0 Å². The second-order valence-corrected chi connectivity index (χ2v) is 5.26. The summed E-state index contributed by atoms with van der Waals surface area (Å²) in [5, 5.41) is 9.00. The van der Waals surface area contributed by atoms with Crippen LogP contribution in [0, 0.1) is 6.92 Å². The average Bonchev–Trinajstić information content (AvgIpc) is 2.89. The second-order valence-electron chi connectivity index (χ2n) is 5.26. The molecule has 0 bridgehead atoms. The summed E-state index contributed by atoms with van der Waals surface area (Å²) in [6.45, 7) is 2.61. The van der Waals surface area contributed by atoms with Crippen LogP contribution >= 0.6 is 0 Å². The Labute approximate surface area is 129 Å². The fourth-order valence-electron chi connectivity index (χ4n) is 2.53. The predicted molar refractivity (Wildman–Crippen MR) is 74.2 cm³/mol. The standard InChI is InChI=1S/C14H13F3N4O2/c1-8-9(13(22)23)2-3-11(18-8)21-5-4-20-6-10(14(15,16)17)19-12(20)7-21/h2-3,6H,4-5,7H2,1H3,(H,22,23). The van der Waals surface area contributed by atoms with E-state index in [-0.39, 0.29) is 12.1 Å². The van der Waals surface area contributed by atoms with Gasteiger partial charge in [-0.25, -0.2) is 14.8 Å². The summed E-state index contributed by atoms with van der Waals surface area (Å²) in [7, 11) is 0. The third-order valence-electron chi connectivity index (χ3n) is 3.72. The second kappa shape index (κ2) is 5.25. The molecule has 0 unspecified atom stereocenters. The number of pyridine rings is 1. The number of hydrogen-bond donors (Lipinski definition) is 1. The SMILES string of the molecule is Cc1nc(N2CCn3cc(C(F)(F)F)nc3C2)ccc1C(=O)O. The fraction of sp³-hybridized carbons (Fsp3) is 0.357. The minimum Gasteiger partial charge on any atom is -0.478 e. The van der Waals surface area contributed by atoms with Gasteiger partial charge in [0.15, 0.2) is 5.69 Å². The molecule has 0 radical (unpaired) electrons. The van der Waals surface area contributed by atoms with Crippen molar-refractivity contribution >= 4 is 11.8 Å². The molecule has 2 aromatic rings. The van der Waals surface area contributed by atoms with Crippen molar-refractivity contribution in [3.05, 3.63) is 41.1 Å². The summed E-state index contributed by atoms with van der Waals surface area (Å²) in [5.74, 6) is -0.230. The summed E-state index contributed by atoms with van der Waals surface area (Å²) in [4.78, 5) is 20.6. The fourth-order valence-corrected chi connectivity index (χ4v) is 2.53. The molecule has 3 heterocycles. The van der Waals surface area contributed by atoms with Crippen LogP contribution in [0.25, 0.3) is 0 Å². The molecule has 0 fully saturated rings. The van der Waals surface area contributed by atoms with Gasteiger partial charge in [0.1, 0.15) is 11.6 Å². The van der Waals surface area contributed by atoms with E-state index in [0.717, 1.165) is 6.20 Å². The van der Waals surface area contributed by atoms with Gasteiger partial charge >= 0.3 is 12.1 Å². The summed E-state index contributed by atoms with van der Waals surface area (Å²) in [6.07, 6.45) is -3.45. The smallest absolute Gasteiger partial charge is 0.434 e. The number of fused-ring (bicyclic) bond motifs is 1. The van der Waals surface area contributed by atoms with E-state index in [1.807, 2.05) is 0 Å². The molecular weight excluding hydrogens is 313 g/mol. The number of carbonyl (C=O) groups is 1. The van der Waals surface area contributed by atoms with Gasteiger partial charge in [-0.05, 0) is 19.1 Å². The van der Waals surface area contributed by atoms with Crippen molar-refractivity contribution in [3.63, 3.8) is 0 Å². The van der Waals surface area contributed by atoms with E-state index in [0.29, 0.717) is 30.4 Å². The molecule has 2 aromatic heterocycles. The Morgan fingerprint density at radius 1 is 1.26 bits per heavy atom. The molecule has 23 heavy (non-hydrogen) atoms. The quantitative estimate of drug-likeness (QED) is 0.917. The van der Waals surface area contributed by atoms with Gasteiger partial charge in [0.25, 0.3) is 0 Å². The molecule has 122 valence electrons. The third-order valence-corrected chi connectivity index (χ3v) is 3.72. The summed E-state index contributed by atoms with van der Waals surface area (Å²) in [6, 6.07) is 3.00. The highest BCUT2D eigenvalue weighted by Gasteiger charge is 2.35. The lowest BCUT2D eigenvalue weighted by molar-refractivity contribution is -0.141. The van der Waals surface area contributed by atoms with Crippen LogP contribution < -0.4 is 4.90 Å². The van der Waals surface area contributed by atoms with Crippen molar-refractivity contribution in [2.45, 2.75) is 26.2 Å². The molecule has 1 aliphatic rings. The van der Waals surface area contributed by atoms with Crippen molar-refractivity contribution in [1.29, 1.82) is 0 Å². The number of imidazole rings is 1. The molecule has 1 N–H and O–H groups in total. The number of carboxylic acid groups (broad SMARTS) is 1. The van der Waals surface area contributed by atoms with E-state index in [4.69, 9.17) is 5.11 Å². The van der Waals surface area contributed by atoms with Gasteiger partial charge in [0.2, 0.25) is 0 Å². The first-order valence-electron chi connectivity index (χ1n) is 6.85. The van der Waals surface area contributed by atoms with Crippen LogP contribution in [0.1, 0.15) is 27.6 Å². The number of halogens is 3. The number of rotatable bonds is 2. The highest BCUT2D eigenvalue weighted by Crippen LogP contribution is 2.30. The molecule has 0 saturated heterocycles. The van der Waals surface area contributed by atoms with Gasteiger partial charge in [-0.15, -0.1) is 0 Å². The van der Waals surface area contributed by atoms with Gasteiger partial charge in [-0.2, -0.15) is 13.2 Å². The lowest BCUT2D eigenvalue weighted by Crippen LogP contribution is -2.34. The molecule has 0 atom stereocenters. The number of carboxylic acids is 1. The van der Waals surface area contributed by atoms with Crippen LogP contribution in [-0.2, 0) is 19.3 Å². The molecule has 1 aliphatic heterocycles. The van der Waals surface area contributed by atoms with E-state index in [2.05, 4.69) is 9.97 Å². The molecule has 0 saturated carbocycles. The van der Waals surface area contributed by atoms with E-state index in [9.17, 15) is 18.0 Å². The minimum atomic E-state index is -4.47. The first-order chi connectivity index (χ1) is 10.8. The highest BCUT2D eigenvalue weighted by atomic mass is 19.4. The number of anilines is 1. The third kappa shape index (κ3) is 2.86. The Morgan fingerprint density at radius 2 is 2.00 bits per heavy atom. The van der Waals surface area contributed by atoms with Gasteiger partial charge in [-0.1, -0.05) is 0 Å². The lowest BCUT2D eigenvalue weighted by Gasteiger charge is -2.28. The summed E-state index contributed by atoms with van der Waals surface area (Å²) < 4.78 is 39.6. The molecule has 3 rings (SSSR count). The number of nitrogens with zero attached hydrogens (tertiary/aromatic N) is 4. The Bertz CT molecular complexity index is 770. The van der Waals surface area contributed by atoms with Crippen molar-refractivity contribution in [2.75, 3.05) is 11.4 Å². The molecule has 0 spiro atoms. The van der Waals surface area contributed by atoms with E-state index in [1.54, 1.807) is 17.9 Å². The van der Waals surface area contributed by atoms with Crippen LogP contribution in [0.3, 0.4) is 0 Å². The average molecular weight is 326 g/mol. The normalized spacial score (nSPS) is 14.7. The van der Waals surface area contributed by atoms with Crippen molar-refractivity contribution in [3.8, 4) is 0 Å². The monoisotopic (exact) mass is 326 g/mol. The Kier molecular flexibility index (Phi) is 3.50. The van der Waals surface area contributed by atoms with Gasteiger partial charge < -0.3 is 14.6 Å². The van der Waals surface area contributed by atoms with Crippen molar-refractivity contribution in [2.24, 2.45) is 0 Å². The number of hydrogen-bond acceptors (Lipinski definition) is 4. The van der Waals surface area contributed by atoms with Crippen molar-refractivity contribution < 1.29 is 23.1 Å². The first-order valence-corrected chi connectivity index (χ1v) is 6.85. The maximum absolute atomic E-state index is 12.7. The van der Waals surface area contributed by atoms with Gasteiger partial charge in [0.05, 0.1) is 17.8 Å². The zero-order valence-corrected chi connectivity index (χ0v) is 12.1. The molecule has 0 aliphatic carbocycles. The number of aryl methyl sites for hydroxylation is 1. The van der Waals surface area contributed by atoms with E-state index < -0.39 is 17.8 Å². The zero-order valence-electron chi connectivity index (χ0n) is 12.1. The maximum atomic E-state index is 12.7. The van der Waals surface area contributed by atoms with Gasteiger partial charge in [0, 0.05) is 19.3 Å². The van der Waals surface area contributed by atoms with E-state index in [1.165, 1.54) is 10.6 Å². The molecule has 9 heteroatoms. The van der Waals surface area contributed by atoms with Crippen LogP contribution in [0.4, 0.5) is 19.0 Å².